The van der Waals surface area contributed by atoms with Crippen LogP contribution < -0.4 is 10.1 Å². The lowest BCUT2D eigenvalue weighted by Gasteiger charge is -2.18. The van der Waals surface area contributed by atoms with Crippen LogP contribution >= 0.6 is 0 Å². The van der Waals surface area contributed by atoms with Crippen LogP contribution in [0.4, 0.5) is 5.69 Å². The van der Waals surface area contributed by atoms with Crippen LogP contribution in [0.5, 0.6) is 5.75 Å². The first-order valence-electron chi connectivity index (χ1n) is 9.44. The number of ether oxygens (including phenoxy) is 2. The first kappa shape index (κ1) is 23.4. The van der Waals surface area contributed by atoms with E-state index >= 15 is 0 Å². The normalized spacial score (nSPS) is 11.2. The zero-order valence-corrected chi connectivity index (χ0v) is 18.3. The van der Waals surface area contributed by atoms with E-state index in [1.807, 2.05) is 13.0 Å². The van der Waals surface area contributed by atoms with E-state index in [2.05, 4.69) is 5.32 Å². The van der Waals surface area contributed by atoms with Crippen LogP contribution in [0.3, 0.4) is 0 Å². The molecule has 0 aliphatic heterocycles. The van der Waals surface area contributed by atoms with Gasteiger partial charge in [-0.2, -0.15) is 4.31 Å². The highest BCUT2D eigenvalue weighted by Gasteiger charge is 2.23. The highest BCUT2D eigenvalue weighted by Crippen LogP contribution is 2.25. The van der Waals surface area contributed by atoms with Crippen molar-refractivity contribution in [2.45, 2.75) is 25.7 Å². The smallest absolute Gasteiger partial charge is 0.338 e. The fourth-order valence-electron chi connectivity index (χ4n) is 2.82. The maximum Gasteiger partial charge on any atom is 0.338 e. The monoisotopic (exact) mass is 434 g/mol. The standard InChI is InChI=1S/C21H26N2O6S/c1-5-23(6-2)30(26,27)17-9-7-8-16(13-17)21(25)29-14-20(24)22-18-12-15(3)10-11-19(18)28-4/h7-13H,5-6,14H2,1-4H3,(H,22,24). The van der Waals surface area contributed by atoms with Crippen molar-refractivity contribution in [2.75, 3.05) is 32.1 Å². The van der Waals surface area contributed by atoms with E-state index in [9.17, 15) is 18.0 Å². The minimum atomic E-state index is -3.71. The molecule has 0 unspecified atom stereocenters. The van der Waals surface area contributed by atoms with Gasteiger partial charge in [0.15, 0.2) is 6.61 Å². The molecular formula is C21H26N2O6S. The van der Waals surface area contributed by atoms with Crippen molar-refractivity contribution in [3.8, 4) is 5.75 Å². The number of methoxy groups -OCH3 is 1. The predicted octanol–water partition coefficient (Wildman–Crippen LogP) is 2.83. The van der Waals surface area contributed by atoms with Crippen molar-refractivity contribution in [1.82, 2.24) is 4.31 Å². The molecule has 2 rings (SSSR count). The second-order valence-electron chi connectivity index (χ2n) is 6.45. The van der Waals surface area contributed by atoms with Crippen LogP contribution in [0.2, 0.25) is 0 Å². The molecule has 8 nitrogen and oxygen atoms in total. The number of aryl methyl sites for hydroxylation is 1. The maximum absolute atomic E-state index is 12.6. The number of benzene rings is 2. The summed E-state index contributed by atoms with van der Waals surface area (Å²) in [6.07, 6.45) is 0. The number of amides is 1. The third-order valence-electron chi connectivity index (χ3n) is 4.38. The van der Waals surface area contributed by atoms with Crippen LogP contribution in [0, 0.1) is 6.92 Å². The number of carbonyl (C=O) groups excluding carboxylic acids is 2. The molecule has 0 bridgehead atoms. The van der Waals surface area contributed by atoms with Crippen molar-refractivity contribution in [2.24, 2.45) is 0 Å². The number of hydrogen-bond donors (Lipinski definition) is 1. The molecule has 2 aromatic carbocycles. The Hall–Kier alpha value is -2.91. The predicted molar refractivity (Wildman–Crippen MR) is 113 cm³/mol. The van der Waals surface area contributed by atoms with Gasteiger partial charge in [0, 0.05) is 13.1 Å². The molecule has 162 valence electrons. The first-order valence-corrected chi connectivity index (χ1v) is 10.9. The number of carbonyl (C=O) groups is 2. The Labute approximate surface area is 176 Å². The topological polar surface area (TPSA) is 102 Å². The molecule has 0 spiro atoms. The molecule has 0 heterocycles. The molecule has 0 saturated heterocycles. The Bertz CT molecular complexity index is 1020. The van der Waals surface area contributed by atoms with Crippen LogP contribution in [-0.2, 0) is 19.6 Å². The average Bonchev–Trinajstić information content (AvgIpc) is 2.73. The van der Waals surface area contributed by atoms with Gasteiger partial charge < -0.3 is 14.8 Å². The summed E-state index contributed by atoms with van der Waals surface area (Å²) in [6, 6.07) is 10.9. The van der Waals surface area contributed by atoms with Gasteiger partial charge in [0.2, 0.25) is 10.0 Å². The molecular weight excluding hydrogens is 408 g/mol. The fraction of sp³-hybridized carbons (Fsp3) is 0.333. The summed E-state index contributed by atoms with van der Waals surface area (Å²) in [6.45, 7) is 5.45. The van der Waals surface area contributed by atoms with Gasteiger partial charge in [-0.05, 0) is 42.8 Å². The van der Waals surface area contributed by atoms with E-state index in [4.69, 9.17) is 9.47 Å². The van der Waals surface area contributed by atoms with E-state index in [1.165, 1.54) is 35.7 Å². The molecule has 0 aliphatic rings. The molecule has 1 N–H and O–H groups in total. The number of sulfonamides is 1. The Balaban J connectivity index is 2.07. The van der Waals surface area contributed by atoms with E-state index in [-0.39, 0.29) is 10.5 Å². The lowest BCUT2D eigenvalue weighted by Crippen LogP contribution is -2.30. The molecule has 0 fully saturated rings. The zero-order chi connectivity index (χ0) is 22.3. The average molecular weight is 435 g/mol. The van der Waals surface area contributed by atoms with Gasteiger partial charge in [-0.1, -0.05) is 26.0 Å². The minimum Gasteiger partial charge on any atom is -0.495 e. The van der Waals surface area contributed by atoms with Crippen molar-refractivity contribution in [3.05, 3.63) is 53.6 Å². The van der Waals surface area contributed by atoms with Crippen LogP contribution in [0.25, 0.3) is 0 Å². The van der Waals surface area contributed by atoms with Crippen molar-refractivity contribution < 1.29 is 27.5 Å². The van der Waals surface area contributed by atoms with Gasteiger partial charge in [0.25, 0.3) is 5.91 Å². The van der Waals surface area contributed by atoms with E-state index in [1.54, 1.807) is 26.0 Å². The number of rotatable bonds is 9. The molecule has 9 heteroatoms. The highest BCUT2D eigenvalue weighted by molar-refractivity contribution is 7.89. The molecule has 0 radical (unpaired) electrons. The van der Waals surface area contributed by atoms with Crippen molar-refractivity contribution in [1.29, 1.82) is 0 Å². The molecule has 2 aromatic rings. The Kier molecular flexibility index (Phi) is 7.96. The summed E-state index contributed by atoms with van der Waals surface area (Å²) < 4.78 is 36.8. The molecule has 0 aliphatic carbocycles. The van der Waals surface area contributed by atoms with E-state index < -0.39 is 28.5 Å². The summed E-state index contributed by atoms with van der Waals surface area (Å²) in [5.41, 5.74) is 1.43. The number of hydrogen-bond acceptors (Lipinski definition) is 6. The lowest BCUT2D eigenvalue weighted by molar-refractivity contribution is -0.119. The zero-order valence-electron chi connectivity index (χ0n) is 17.5. The SMILES string of the molecule is CCN(CC)S(=O)(=O)c1cccc(C(=O)OCC(=O)Nc2cc(C)ccc2OC)c1. The minimum absolute atomic E-state index is 0.00500. The van der Waals surface area contributed by atoms with Gasteiger partial charge >= 0.3 is 5.97 Å². The van der Waals surface area contributed by atoms with E-state index in [0.29, 0.717) is 24.5 Å². The maximum atomic E-state index is 12.6. The number of nitrogens with one attached hydrogen (secondary N) is 1. The molecule has 0 atom stereocenters. The van der Waals surface area contributed by atoms with Gasteiger partial charge in [-0.25, -0.2) is 13.2 Å². The number of esters is 1. The summed E-state index contributed by atoms with van der Waals surface area (Å²) >= 11 is 0. The summed E-state index contributed by atoms with van der Waals surface area (Å²) in [5.74, 6) is -0.855. The summed E-state index contributed by atoms with van der Waals surface area (Å²) in [5, 5.41) is 2.63. The number of nitrogens with zero attached hydrogens (tertiary/aromatic N) is 1. The summed E-state index contributed by atoms with van der Waals surface area (Å²) in [7, 11) is -2.22. The Morgan fingerprint density at radius 1 is 1.07 bits per heavy atom. The van der Waals surface area contributed by atoms with Crippen molar-refractivity contribution >= 4 is 27.6 Å². The second-order valence-corrected chi connectivity index (χ2v) is 8.38. The first-order chi connectivity index (χ1) is 14.2. The third-order valence-corrected chi connectivity index (χ3v) is 6.42. The lowest BCUT2D eigenvalue weighted by atomic mass is 10.2. The number of anilines is 1. The Morgan fingerprint density at radius 2 is 1.77 bits per heavy atom. The molecule has 30 heavy (non-hydrogen) atoms. The van der Waals surface area contributed by atoms with Crippen LogP contribution in [-0.4, -0.2) is 51.4 Å². The molecule has 0 aromatic heterocycles. The van der Waals surface area contributed by atoms with Gasteiger partial charge in [-0.3, -0.25) is 4.79 Å². The highest BCUT2D eigenvalue weighted by atomic mass is 32.2. The fourth-order valence-corrected chi connectivity index (χ4v) is 4.32. The van der Waals surface area contributed by atoms with E-state index in [0.717, 1.165) is 5.56 Å². The van der Waals surface area contributed by atoms with Gasteiger partial charge in [0.05, 0.1) is 23.3 Å². The third kappa shape index (κ3) is 5.58. The largest absolute Gasteiger partial charge is 0.495 e. The molecule has 0 saturated carbocycles. The quantitative estimate of drug-likeness (QED) is 0.609. The summed E-state index contributed by atoms with van der Waals surface area (Å²) in [4.78, 5) is 24.5. The molecule has 1 amide bonds. The van der Waals surface area contributed by atoms with Crippen LogP contribution in [0.15, 0.2) is 47.4 Å². The Morgan fingerprint density at radius 3 is 2.40 bits per heavy atom. The van der Waals surface area contributed by atoms with Crippen molar-refractivity contribution in [3.63, 3.8) is 0 Å². The van der Waals surface area contributed by atoms with Gasteiger partial charge in [0.1, 0.15) is 5.75 Å². The van der Waals surface area contributed by atoms with Crippen LogP contribution in [0.1, 0.15) is 29.8 Å². The van der Waals surface area contributed by atoms with Gasteiger partial charge in [-0.15, -0.1) is 0 Å². The second kappa shape index (κ2) is 10.2.